The molecule has 4 saturated carbocycles. The maximum absolute atomic E-state index is 13.0. The summed E-state index contributed by atoms with van der Waals surface area (Å²) in [7, 11) is 0. The molecule has 0 saturated heterocycles. The van der Waals surface area contributed by atoms with Gasteiger partial charge in [-0.05, 0) is 80.5 Å². The van der Waals surface area contributed by atoms with Gasteiger partial charge in [-0.3, -0.25) is 10.2 Å². The third kappa shape index (κ3) is 2.58. The molecule has 2 N–H and O–H groups in total. The first kappa shape index (κ1) is 15.4. The van der Waals surface area contributed by atoms with E-state index in [0.717, 1.165) is 42.4 Å². The highest BCUT2D eigenvalue weighted by molar-refractivity contribution is 6.31. The van der Waals surface area contributed by atoms with Gasteiger partial charge in [0.1, 0.15) is 11.1 Å². The van der Waals surface area contributed by atoms with Gasteiger partial charge in [0, 0.05) is 15.9 Å². The second-order valence-electron chi connectivity index (χ2n) is 8.32. The van der Waals surface area contributed by atoms with Crippen LogP contribution < -0.4 is 10.9 Å². The number of benzene rings is 1. The molecule has 0 aliphatic heterocycles. The number of carbonyl (C=O) groups is 1. The zero-order chi connectivity index (χ0) is 17.2. The number of hydrogen-bond donors (Lipinski definition) is 2. The molecule has 4 fully saturated rings. The van der Waals surface area contributed by atoms with E-state index in [4.69, 9.17) is 21.4 Å². The van der Waals surface area contributed by atoms with Gasteiger partial charge in [-0.1, -0.05) is 11.6 Å². The molecule has 1 aromatic carbocycles. The van der Waals surface area contributed by atoms with Crippen molar-refractivity contribution in [3.05, 3.63) is 40.4 Å². The molecule has 4 aliphatic carbocycles. The molecule has 25 heavy (non-hydrogen) atoms. The van der Waals surface area contributed by atoms with E-state index >= 15 is 0 Å². The van der Waals surface area contributed by atoms with Crippen LogP contribution in [0.4, 0.5) is 0 Å². The predicted octanol–water partition coefficient (Wildman–Crippen LogP) is 4.26. The Labute approximate surface area is 151 Å². The van der Waals surface area contributed by atoms with E-state index < -0.39 is 0 Å². The first-order valence-electron chi connectivity index (χ1n) is 9.10. The minimum absolute atomic E-state index is 0.0679. The Bertz CT molecular complexity index is 898. The molecular formula is C20H21ClN2O2. The Kier molecular flexibility index (Phi) is 3.30. The summed E-state index contributed by atoms with van der Waals surface area (Å²) in [6.07, 6.45) is 7.28. The largest absolute Gasteiger partial charge is 0.438 e. The van der Waals surface area contributed by atoms with Crippen molar-refractivity contribution in [1.29, 1.82) is 5.41 Å². The summed E-state index contributed by atoms with van der Waals surface area (Å²) in [5, 5.41) is 12.8. The van der Waals surface area contributed by atoms with Gasteiger partial charge in [0.2, 0.25) is 5.55 Å². The van der Waals surface area contributed by atoms with Gasteiger partial charge in [0.25, 0.3) is 5.91 Å². The van der Waals surface area contributed by atoms with Crippen LogP contribution in [-0.2, 0) is 0 Å². The lowest BCUT2D eigenvalue weighted by Crippen LogP contribution is -2.60. The van der Waals surface area contributed by atoms with Gasteiger partial charge in [-0.25, -0.2) is 0 Å². The molecule has 0 spiro atoms. The minimum atomic E-state index is -0.183. The summed E-state index contributed by atoms with van der Waals surface area (Å²) in [5.74, 6) is 2.11. The Morgan fingerprint density at radius 3 is 2.40 bits per heavy atom. The third-order valence-corrected chi connectivity index (χ3v) is 6.62. The molecular weight excluding hydrogens is 336 g/mol. The van der Waals surface area contributed by atoms with Gasteiger partial charge in [-0.15, -0.1) is 0 Å². The maximum Gasteiger partial charge on any atom is 0.257 e. The lowest BCUT2D eigenvalue weighted by atomic mass is 9.53. The average Bonchev–Trinajstić information content (AvgIpc) is 2.52. The van der Waals surface area contributed by atoms with Crippen molar-refractivity contribution in [2.24, 2.45) is 17.8 Å². The van der Waals surface area contributed by atoms with Crippen LogP contribution in [0.2, 0.25) is 5.02 Å². The summed E-state index contributed by atoms with van der Waals surface area (Å²) in [4.78, 5) is 13.0. The van der Waals surface area contributed by atoms with Crippen molar-refractivity contribution in [2.45, 2.75) is 44.1 Å². The first-order chi connectivity index (χ1) is 12.0. The number of nitrogens with one attached hydrogen (secondary N) is 2. The summed E-state index contributed by atoms with van der Waals surface area (Å²) in [6.45, 7) is 0. The number of fused-ring (bicyclic) bond motifs is 1. The van der Waals surface area contributed by atoms with E-state index in [-0.39, 0.29) is 17.0 Å². The standard InChI is InChI=1S/C20H21ClN2O2/c21-15-1-2-17-14(6-15)7-16(18(22)25-17)19(24)23-20-8-11-3-12(9-20)5-13(4-11)10-20/h1-2,6-7,11-13,22H,3-5,8-10H2,(H,23,24). The molecule has 1 heterocycles. The number of hydrogen-bond acceptors (Lipinski definition) is 3. The molecule has 4 bridgehead atoms. The number of rotatable bonds is 2. The summed E-state index contributed by atoms with van der Waals surface area (Å²) >= 11 is 6.05. The highest BCUT2D eigenvalue weighted by Gasteiger charge is 2.51. The predicted molar refractivity (Wildman–Crippen MR) is 95.4 cm³/mol. The Balaban J connectivity index is 1.47. The van der Waals surface area contributed by atoms with Crippen LogP contribution in [0.25, 0.3) is 11.0 Å². The lowest BCUT2D eigenvalue weighted by Gasteiger charge is -2.56. The van der Waals surface area contributed by atoms with Crippen LogP contribution in [0.5, 0.6) is 0 Å². The van der Waals surface area contributed by atoms with Crippen molar-refractivity contribution >= 4 is 28.5 Å². The van der Waals surface area contributed by atoms with E-state index in [9.17, 15) is 4.79 Å². The van der Waals surface area contributed by atoms with Crippen molar-refractivity contribution < 1.29 is 9.21 Å². The van der Waals surface area contributed by atoms with E-state index in [1.165, 1.54) is 19.3 Å². The molecule has 6 rings (SSSR count). The lowest BCUT2D eigenvalue weighted by molar-refractivity contribution is -0.0167. The van der Waals surface area contributed by atoms with Crippen molar-refractivity contribution in [1.82, 2.24) is 5.32 Å². The molecule has 0 unspecified atom stereocenters. The monoisotopic (exact) mass is 356 g/mol. The molecule has 5 heteroatoms. The second-order valence-corrected chi connectivity index (χ2v) is 8.76. The topological polar surface area (TPSA) is 66.1 Å². The molecule has 2 aromatic rings. The van der Waals surface area contributed by atoms with Gasteiger partial charge in [0.05, 0.1) is 0 Å². The Hall–Kier alpha value is -1.81. The van der Waals surface area contributed by atoms with Gasteiger partial charge in [-0.2, -0.15) is 0 Å². The van der Waals surface area contributed by atoms with Gasteiger partial charge in [0.15, 0.2) is 0 Å². The van der Waals surface area contributed by atoms with E-state index in [0.29, 0.717) is 16.2 Å². The fraction of sp³-hybridized carbons (Fsp3) is 0.500. The van der Waals surface area contributed by atoms with Crippen LogP contribution in [0.15, 0.2) is 28.7 Å². The summed E-state index contributed by atoms with van der Waals surface area (Å²) in [6, 6.07) is 6.95. The number of halogens is 1. The SMILES string of the molecule is N=c1oc2ccc(Cl)cc2cc1C(=O)NC12CC3CC(CC(C3)C1)C2. The highest BCUT2D eigenvalue weighted by Crippen LogP contribution is 2.55. The Morgan fingerprint density at radius 2 is 1.76 bits per heavy atom. The minimum Gasteiger partial charge on any atom is -0.438 e. The molecule has 4 nitrogen and oxygen atoms in total. The van der Waals surface area contributed by atoms with Crippen LogP contribution in [0.1, 0.15) is 48.9 Å². The van der Waals surface area contributed by atoms with Crippen LogP contribution in [0, 0.1) is 23.2 Å². The first-order valence-corrected chi connectivity index (χ1v) is 9.48. The third-order valence-electron chi connectivity index (χ3n) is 6.39. The average molecular weight is 357 g/mol. The van der Waals surface area contributed by atoms with Crippen LogP contribution in [-0.4, -0.2) is 11.4 Å². The molecule has 4 aliphatic rings. The van der Waals surface area contributed by atoms with Crippen LogP contribution in [0.3, 0.4) is 0 Å². The summed E-state index contributed by atoms with van der Waals surface area (Å²) < 4.78 is 5.54. The van der Waals surface area contributed by atoms with Crippen LogP contribution >= 0.6 is 11.6 Å². The summed E-state index contributed by atoms with van der Waals surface area (Å²) in [5.41, 5.74) is 0.713. The van der Waals surface area contributed by atoms with Crippen molar-refractivity contribution in [3.63, 3.8) is 0 Å². The molecule has 130 valence electrons. The normalized spacial score (nSPS) is 32.9. The van der Waals surface area contributed by atoms with E-state index in [1.54, 1.807) is 24.3 Å². The van der Waals surface area contributed by atoms with E-state index in [2.05, 4.69) is 5.32 Å². The molecule has 0 radical (unpaired) electrons. The van der Waals surface area contributed by atoms with Gasteiger partial charge < -0.3 is 9.73 Å². The second kappa shape index (κ2) is 5.34. The molecule has 1 aromatic heterocycles. The number of carbonyl (C=O) groups excluding carboxylic acids is 1. The fourth-order valence-corrected chi connectivity index (χ4v) is 6.03. The zero-order valence-electron chi connectivity index (χ0n) is 14.0. The molecule has 0 atom stereocenters. The van der Waals surface area contributed by atoms with Crippen molar-refractivity contribution in [3.8, 4) is 0 Å². The zero-order valence-corrected chi connectivity index (χ0v) is 14.7. The van der Waals surface area contributed by atoms with Gasteiger partial charge >= 0.3 is 0 Å². The Morgan fingerprint density at radius 1 is 1.12 bits per heavy atom. The quantitative estimate of drug-likeness (QED) is 0.844. The smallest absolute Gasteiger partial charge is 0.257 e. The maximum atomic E-state index is 13.0. The fourth-order valence-electron chi connectivity index (χ4n) is 5.85. The highest BCUT2D eigenvalue weighted by atomic mass is 35.5. The van der Waals surface area contributed by atoms with Crippen molar-refractivity contribution in [2.75, 3.05) is 0 Å². The van der Waals surface area contributed by atoms with E-state index in [1.807, 2.05) is 0 Å². The number of amides is 1. The molecule has 1 amide bonds.